The summed E-state index contributed by atoms with van der Waals surface area (Å²) in [4.78, 5) is 6.52. The van der Waals surface area contributed by atoms with Crippen LogP contribution in [0.15, 0.2) is 6.33 Å². The molecule has 0 bridgehead atoms. The summed E-state index contributed by atoms with van der Waals surface area (Å²) >= 11 is 0. The zero-order chi connectivity index (χ0) is 13.6. The normalized spacial score (nSPS) is 12.3. The summed E-state index contributed by atoms with van der Waals surface area (Å²) in [7, 11) is 4.22. The van der Waals surface area contributed by atoms with Gasteiger partial charge < -0.3 is 10.2 Å². The Bertz CT molecular complexity index is 343. The van der Waals surface area contributed by atoms with Crippen molar-refractivity contribution in [3.63, 3.8) is 0 Å². The molecule has 0 spiro atoms. The van der Waals surface area contributed by atoms with Crippen LogP contribution >= 0.6 is 0 Å². The molecular weight excluding hydrogens is 226 g/mol. The number of aromatic nitrogens is 3. The monoisotopic (exact) mass is 253 g/mol. The van der Waals surface area contributed by atoms with Crippen molar-refractivity contribution in [2.75, 3.05) is 27.2 Å². The van der Waals surface area contributed by atoms with Gasteiger partial charge in [-0.1, -0.05) is 20.8 Å². The Balaban J connectivity index is 2.39. The third kappa shape index (κ3) is 5.14. The third-order valence-electron chi connectivity index (χ3n) is 2.76. The maximum absolute atomic E-state index is 4.29. The van der Waals surface area contributed by atoms with E-state index in [1.165, 1.54) is 0 Å². The summed E-state index contributed by atoms with van der Waals surface area (Å²) in [6, 6.07) is 0. The van der Waals surface area contributed by atoms with Gasteiger partial charge in [0.1, 0.15) is 12.2 Å². The molecule has 0 fully saturated rings. The summed E-state index contributed by atoms with van der Waals surface area (Å²) < 4.78 is 1.98. The number of hydrogen-bond donors (Lipinski definition) is 1. The highest BCUT2D eigenvalue weighted by Crippen LogP contribution is 2.14. The highest BCUT2D eigenvalue weighted by Gasteiger charge is 2.18. The lowest BCUT2D eigenvalue weighted by atomic mass is 9.93. The minimum absolute atomic E-state index is 0.263. The van der Waals surface area contributed by atoms with E-state index in [-0.39, 0.29) is 5.41 Å². The Kier molecular flexibility index (Phi) is 5.75. The van der Waals surface area contributed by atoms with Crippen LogP contribution in [0.5, 0.6) is 0 Å². The van der Waals surface area contributed by atoms with Gasteiger partial charge in [-0.15, -0.1) is 0 Å². The zero-order valence-electron chi connectivity index (χ0n) is 12.4. The van der Waals surface area contributed by atoms with Crippen LogP contribution in [-0.4, -0.2) is 46.8 Å². The summed E-state index contributed by atoms with van der Waals surface area (Å²) in [5.74, 6) is 1.03. The van der Waals surface area contributed by atoms with Crippen molar-refractivity contribution in [3.8, 4) is 0 Å². The molecule has 1 rings (SSSR count). The van der Waals surface area contributed by atoms with Crippen LogP contribution < -0.4 is 5.32 Å². The predicted octanol–water partition coefficient (Wildman–Crippen LogP) is 1.37. The molecule has 18 heavy (non-hydrogen) atoms. The second-order valence-corrected chi connectivity index (χ2v) is 5.90. The molecule has 5 heteroatoms. The molecule has 104 valence electrons. The van der Waals surface area contributed by atoms with Crippen molar-refractivity contribution in [2.24, 2.45) is 5.41 Å². The number of nitrogens with zero attached hydrogens (tertiary/aromatic N) is 4. The van der Waals surface area contributed by atoms with Crippen LogP contribution in [0.4, 0.5) is 0 Å². The Morgan fingerprint density at radius 2 is 2.11 bits per heavy atom. The van der Waals surface area contributed by atoms with E-state index in [9.17, 15) is 0 Å². The maximum Gasteiger partial charge on any atom is 0.140 e. The lowest BCUT2D eigenvalue weighted by Gasteiger charge is -2.28. The highest BCUT2D eigenvalue weighted by molar-refractivity contribution is 4.85. The number of aryl methyl sites for hydroxylation is 1. The van der Waals surface area contributed by atoms with Crippen LogP contribution in [0, 0.1) is 5.41 Å². The molecule has 1 heterocycles. The largest absolute Gasteiger partial charge is 0.309 e. The van der Waals surface area contributed by atoms with E-state index in [2.05, 4.69) is 55.2 Å². The van der Waals surface area contributed by atoms with Crippen molar-refractivity contribution in [2.45, 2.75) is 40.3 Å². The molecule has 5 nitrogen and oxygen atoms in total. The van der Waals surface area contributed by atoms with Crippen molar-refractivity contribution in [3.05, 3.63) is 12.2 Å². The number of hydrogen-bond acceptors (Lipinski definition) is 4. The lowest BCUT2D eigenvalue weighted by molar-refractivity contribution is 0.231. The van der Waals surface area contributed by atoms with Crippen LogP contribution in [0.2, 0.25) is 0 Å². The molecular formula is C13H27N5. The molecule has 0 aliphatic rings. The topological polar surface area (TPSA) is 46.0 Å². The van der Waals surface area contributed by atoms with E-state index in [0.717, 1.165) is 38.4 Å². The first kappa shape index (κ1) is 15.1. The van der Waals surface area contributed by atoms with Gasteiger partial charge in [0.15, 0.2) is 0 Å². The number of nitrogens with one attached hydrogen (secondary N) is 1. The summed E-state index contributed by atoms with van der Waals surface area (Å²) in [5, 5.41) is 7.71. The molecule has 0 saturated heterocycles. The minimum atomic E-state index is 0.263. The molecule has 1 N–H and O–H groups in total. The van der Waals surface area contributed by atoms with Crippen molar-refractivity contribution >= 4 is 0 Å². The van der Waals surface area contributed by atoms with E-state index >= 15 is 0 Å². The Labute approximate surface area is 111 Å². The third-order valence-corrected chi connectivity index (χ3v) is 2.76. The Hall–Kier alpha value is -0.940. The molecule has 0 aliphatic carbocycles. The average Bonchev–Trinajstić information content (AvgIpc) is 2.64. The van der Waals surface area contributed by atoms with E-state index in [1.807, 2.05) is 4.68 Å². The van der Waals surface area contributed by atoms with E-state index in [0.29, 0.717) is 0 Å². The van der Waals surface area contributed by atoms with Crippen LogP contribution in [0.25, 0.3) is 0 Å². The molecule has 0 atom stereocenters. The molecule has 0 radical (unpaired) electrons. The van der Waals surface area contributed by atoms with Gasteiger partial charge in [0.25, 0.3) is 0 Å². The molecule has 0 amide bonds. The van der Waals surface area contributed by atoms with E-state index < -0.39 is 0 Å². The fraction of sp³-hybridized carbons (Fsp3) is 0.846. The van der Waals surface area contributed by atoms with Crippen molar-refractivity contribution < 1.29 is 0 Å². The molecule has 1 aromatic rings. The van der Waals surface area contributed by atoms with Gasteiger partial charge in [-0.2, -0.15) is 5.10 Å². The van der Waals surface area contributed by atoms with Crippen LogP contribution in [0.3, 0.4) is 0 Å². The molecule has 0 saturated carbocycles. The molecule has 1 aromatic heterocycles. The second-order valence-electron chi connectivity index (χ2n) is 5.90. The number of rotatable bonds is 8. The highest BCUT2D eigenvalue weighted by atomic mass is 15.3. The first-order valence-corrected chi connectivity index (χ1v) is 6.67. The summed E-state index contributed by atoms with van der Waals surface area (Å²) in [6.07, 6.45) is 2.72. The lowest BCUT2D eigenvalue weighted by Crippen LogP contribution is -2.37. The fourth-order valence-electron chi connectivity index (χ4n) is 2.25. The van der Waals surface area contributed by atoms with Gasteiger partial charge >= 0.3 is 0 Å². The van der Waals surface area contributed by atoms with Gasteiger partial charge in [-0.3, -0.25) is 0 Å². The van der Waals surface area contributed by atoms with Crippen LogP contribution in [0.1, 0.15) is 33.0 Å². The van der Waals surface area contributed by atoms with Crippen LogP contribution in [-0.2, 0) is 13.1 Å². The smallest absolute Gasteiger partial charge is 0.140 e. The summed E-state index contributed by atoms with van der Waals surface area (Å²) in [6.45, 7) is 10.5. The zero-order valence-corrected chi connectivity index (χ0v) is 12.4. The van der Waals surface area contributed by atoms with E-state index in [1.54, 1.807) is 6.33 Å². The summed E-state index contributed by atoms with van der Waals surface area (Å²) in [5.41, 5.74) is 0.263. The van der Waals surface area contributed by atoms with Crippen molar-refractivity contribution in [1.29, 1.82) is 0 Å². The first-order chi connectivity index (χ1) is 8.44. The van der Waals surface area contributed by atoms with Gasteiger partial charge in [0.05, 0.1) is 6.54 Å². The van der Waals surface area contributed by atoms with E-state index in [4.69, 9.17) is 0 Å². The first-order valence-electron chi connectivity index (χ1n) is 6.67. The molecule has 0 unspecified atom stereocenters. The second kappa shape index (κ2) is 6.85. The fourth-order valence-corrected chi connectivity index (χ4v) is 2.25. The maximum atomic E-state index is 4.29. The Morgan fingerprint density at radius 1 is 1.39 bits per heavy atom. The van der Waals surface area contributed by atoms with Gasteiger partial charge in [-0.05, 0) is 25.9 Å². The van der Waals surface area contributed by atoms with Crippen molar-refractivity contribution in [1.82, 2.24) is 25.0 Å². The quantitative estimate of drug-likeness (QED) is 0.760. The van der Waals surface area contributed by atoms with Gasteiger partial charge in [-0.25, -0.2) is 9.67 Å². The standard InChI is InChI=1S/C13H27N5/c1-6-7-18-12(15-11-16-18)8-14-9-13(2,3)10-17(4)5/h11,14H,6-10H2,1-5H3. The molecule has 0 aromatic carbocycles. The van der Waals surface area contributed by atoms with Gasteiger partial charge in [0.2, 0.25) is 0 Å². The van der Waals surface area contributed by atoms with Gasteiger partial charge in [0, 0.05) is 19.6 Å². The SMILES string of the molecule is CCCn1ncnc1CNCC(C)(C)CN(C)C. The minimum Gasteiger partial charge on any atom is -0.309 e. The molecule has 0 aliphatic heterocycles. The predicted molar refractivity (Wildman–Crippen MR) is 74.4 cm³/mol. The average molecular weight is 253 g/mol. The Morgan fingerprint density at radius 3 is 2.72 bits per heavy atom.